The standard InChI is InChI=1S/C23H22ClN3O4S/c1-16-7-11-18(12-8-16)26-32(30,31)19-13-9-17(10-14-19)23(29)27(2)15-22(28)25-21-6-4-3-5-20(21)24/h3-14,26H,15H2,1-2H3,(H,25,28). The molecule has 9 heteroatoms. The molecule has 0 radical (unpaired) electrons. The number of likely N-dealkylation sites (N-methyl/N-ethyl adjacent to an activating group) is 1. The topological polar surface area (TPSA) is 95.6 Å². The molecule has 0 atom stereocenters. The average Bonchev–Trinajstić information content (AvgIpc) is 2.76. The molecule has 7 nitrogen and oxygen atoms in total. The number of amides is 2. The third kappa shape index (κ3) is 5.87. The minimum absolute atomic E-state index is 0.0220. The Labute approximate surface area is 192 Å². The van der Waals surface area contributed by atoms with Gasteiger partial charge in [0, 0.05) is 18.3 Å². The van der Waals surface area contributed by atoms with Crippen LogP contribution in [0.1, 0.15) is 15.9 Å². The van der Waals surface area contributed by atoms with Crippen molar-refractivity contribution in [3.63, 3.8) is 0 Å². The number of nitrogens with one attached hydrogen (secondary N) is 2. The Morgan fingerprint density at radius 1 is 0.938 bits per heavy atom. The van der Waals surface area contributed by atoms with Crippen LogP contribution in [0.25, 0.3) is 0 Å². The van der Waals surface area contributed by atoms with E-state index < -0.39 is 21.8 Å². The predicted octanol–water partition coefficient (Wildman–Crippen LogP) is 4.16. The smallest absolute Gasteiger partial charge is 0.261 e. The summed E-state index contributed by atoms with van der Waals surface area (Å²) in [5.74, 6) is -0.829. The molecule has 0 saturated heterocycles. The first-order valence-electron chi connectivity index (χ1n) is 9.65. The molecule has 3 aromatic carbocycles. The van der Waals surface area contributed by atoms with Gasteiger partial charge in [-0.1, -0.05) is 41.4 Å². The van der Waals surface area contributed by atoms with Crippen LogP contribution in [0.15, 0.2) is 77.7 Å². The second-order valence-corrected chi connectivity index (χ2v) is 9.27. The maximum Gasteiger partial charge on any atom is 0.261 e. The van der Waals surface area contributed by atoms with E-state index in [1.54, 1.807) is 48.5 Å². The molecule has 2 amide bonds. The van der Waals surface area contributed by atoms with Crippen LogP contribution >= 0.6 is 11.6 Å². The lowest BCUT2D eigenvalue weighted by atomic mass is 10.2. The van der Waals surface area contributed by atoms with Gasteiger partial charge in [0.15, 0.2) is 0 Å². The predicted molar refractivity (Wildman–Crippen MR) is 125 cm³/mol. The van der Waals surface area contributed by atoms with E-state index in [-0.39, 0.29) is 17.0 Å². The monoisotopic (exact) mass is 471 g/mol. The first-order valence-corrected chi connectivity index (χ1v) is 11.5. The Balaban J connectivity index is 1.64. The van der Waals surface area contributed by atoms with Gasteiger partial charge in [-0.15, -0.1) is 0 Å². The van der Waals surface area contributed by atoms with Crippen molar-refractivity contribution < 1.29 is 18.0 Å². The van der Waals surface area contributed by atoms with Crippen LogP contribution in [0.3, 0.4) is 0 Å². The minimum atomic E-state index is -3.80. The van der Waals surface area contributed by atoms with E-state index in [0.29, 0.717) is 16.4 Å². The van der Waals surface area contributed by atoms with Crippen LogP contribution in [-0.2, 0) is 14.8 Å². The summed E-state index contributed by atoms with van der Waals surface area (Å²) in [4.78, 5) is 26.1. The highest BCUT2D eigenvalue weighted by molar-refractivity contribution is 7.92. The van der Waals surface area contributed by atoms with E-state index in [2.05, 4.69) is 10.0 Å². The SMILES string of the molecule is Cc1ccc(NS(=O)(=O)c2ccc(C(=O)N(C)CC(=O)Nc3ccccc3Cl)cc2)cc1. The molecule has 0 aliphatic carbocycles. The molecule has 0 bridgehead atoms. The molecule has 0 heterocycles. The fourth-order valence-corrected chi connectivity index (χ4v) is 4.11. The number of benzene rings is 3. The summed E-state index contributed by atoms with van der Waals surface area (Å²) >= 11 is 6.02. The van der Waals surface area contributed by atoms with Crippen molar-refractivity contribution in [2.45, 2.75) is 11.8 Å². The summed E-state index contributed by atoms with van der Waals surface area (Å²) in [5, 5.41) is 3.05. The van der Waals surface area contributed by atoms with Crippen LogP contribution in [0.5, 0.6) is 0 Å². The number of carbonyl (C=O) groups is 2. The zero-order chi connectivity index (χ0) is 23.3. The summed E-state index contributed by atoms with van der Waals surface area (Å²) in [6.07, 6.45) is 0. The van der Waals surface area contributed by atoms with E-state index in [0.717, 1.165) is 5.56 Å². The van der Waals surface area contributed by atoms with Crippen LogP contribution in [0.4, 0.5) is 11.4 Å². The first-order chi connectivity index (χ1) is 15.2. The fourth-order valence-electron chi connectivity index (χ4n) is 2.87. The van der Waals surface area contributed by atoms with Gasteiger partial charge in [-0.2, -0.15) is 0 Å². The number of hydrogen-bond donors (Lipinski definition) is 2. The van der Waals surface area contributed by atoms with Gasteiger partial charge in [0.05, 0.1) is 22.2 Å². The highest BCUT2D eigenvalue weighted by atomic mass is 35.5. The van der Waals surface area contributed by atoms with Crippen LogP contribution < -0.4 is 10.0 Å². The average molecular weight is 472 g/mol. The van der Waals surface area contributed by atoms with Gasteiger partial charge in [0.2, 0.25) is 5.91 Å². The summed E-state index contributed by atoms with van der Waals surface area (Å²) < 4.78 is 27.7. The van der Waals surface area contributed by atoms with E-state index in [1.807, 2.05) is 6.92 Å². The van der Waals surface area contributed by atoms with Crippen molar-refractivity contribution in [3.8, 4) is 0 Å². The Bertz CT molecular complexity index is 1230. The maximum atomic E-state index is 12.6. The highest BCUT2D eigenvalue weighted by Gasteiger charge is 2.18. The van der Waals surface area contributed by atoms with Gasteiger partial charge in [-0.25, -0.2) is 8.42 Å². The second-order valence-electron chi connectivity index (χ2n) is 7.19. The lowest BCUT2D eigenvalue weighted by molar-refractivity contribution is -0.116. The zero-order valence-electron chi connectivity index (χ0n) is 17.5. The first kappa shape index (κ1) is 23.3. The molecule has 0 saturated carbocycles. The summed E-state index contributed by atoms with van der Waals surface area (Å²) in [5.41, 5.74) is 2.17. The number of hydrogen-bond acceptors (Lipinski definition) is 4. The summed E-state index contributed by atoms with van der Waals surface area (Å²) in [6.45, 7) is 1.71. The van der Waals surface area contributed by atoms with Crippen molar-refractivity contribution in [2.24, 2.45) is 0 Å². The third-order valence-electron chi connectivity index (χ3n) is 4.59. The zero-order valence-corrected chi connectivity index (χ0v) is 19.1. The summed E-state index contributed by atoms with van der Waals surface area (Å²) in [6, 6.07) is 19.3. The fraction of sp³-hybridized carbons (Fsp3) is 0.130. The molecule has 0 fully saturated rings. The Morgan fingerprint density at radius 2 is 1.56 bits per heavy atom. The van der Waals surface area contributed by atoms with Crippen molar-refractivity contribution in [3.05, 3.63) is 88.9 Å². The molecule has 0 aliphatic rings. The van der Waals surface area contributed by atoms with Gasteiger partial charge in [-0.05, 0) is 55.5 Å². The normalized spacial score (nSPS) is 11.0. The number of nitrogens with zero attached hydrogens (tertiary/aromatic N) is 1. The van der Waals surface area contributed by atoms with Gasteiger partial charge < -0.3 is 10.2 Å². The molecule has 32 heavy (non-hydrogen) atoms. The Kier molecular flexibility index (Phi) is 7.17. The molecule has 0 unspecified atom stereocenters. The van der Waals surface area contributed by atoms with Crippen LogP contribution in [-0.4, -0.2) is 38.7 Å². The molecule has 3 aromatic rings. The summed E-state index contributed by atoms with van der Waals surface area (Å²) in [7, 11) is -2.31. The van der Waals surface area contributed by atoms with Crippen LogP contribution in [0, 0.1) is 6.92 Å². The number of aryl methyl sites for hydroxylation is 1. The van der Waals surface area contributed by atoms with Gasteiger partial charge in [0.25, 0.3) is 15.9 Å². The van der Waals surface area contributed by atoms with Crippen molar-refractivity contribution in [1.82, 2.24) is 4.90 Å². The van der Waals surface area contributed by atoms with E-state index in [4.69, 9.17) is 11.6 Å². The quantitative estimate of drug-likeness (QED) is 0.540. The molecule has 2 N–H and O–H groups in total. The third-order valence-corrected chi connectivity index (χ3v) is 6.32. The molecule has 0 spiro atoms. The number of sulfonamides is 1. The number of rotatable bonds is 7. The van der Waals surface area contributed by atoms with Crippen molar-refractivity contribution in [2.75, 3.05) is 23.6 Å². The second kappa shape index (κ2) is 9.84. The van der Waals surface area contributed by atoms with Gasteiger partial charge in [-0.3, -0.25) is 14.3 Å². The largest absolute Gasteiger partial charge is 0.332 e. The van der Waals surface area contributed by atoms with E-state index in [9.17, 15) is 18.0 Å². The molecular weight excluding hydrogens is 450 g/mol. The molecule has 0 aromatic heterocycles. The van der Waals surface area contributed by atoms with Crippen molar-refractivity contribution >= 4 is 44.8 Å². The maximum absolute atomic E-state index is 12.6. The Morgan fingerprint density at radius 3 is 2.19 bits per heavy atom. The highest BCUT2D eigenvalue weighted by Crippen LogP contribution is 2.21. The molecule has 3 rings (SSSR count). The number of para-hydroxylation sites is 1. The minimum Gasteiger partial charge on any atom is -0.332 e. The van der Waals surface area contributed by atoms with Crippen LogP contribution in [0.2, 0.25) is 5.02 Å². The Hall–Kier alpha value is -3.36. The number of anilines is 2. The molecular formula is C23H22ClN3O4S. The number of carbonyl (C=O) groups excluding carboxylic acids is 2. The van der Waals surface area contributed by atoms with Crippen molar-refractivity contribution in [1.29, 1.82) is 0 Å². The number of halogens is 1. The van der Waals surface area contributed by atoms with Gasteiger partial charge in [0.1, 0.15) is 0 Å². The van der Waals surface area contributed by atoms with E-state index in [1.165, 1.54) is 36.2 Å². The van der Waals surface area contributed by atoms with Gasteiger partial charge >= 0.3 is 0 Å². The molecule has 166 valence electrons. The molecule has 0 aliphatic heterocycles. The lowest BCUT2D eigenvalue weighted by Crippen LogP contribution is -2.35. The lowest BCUT2D eigenvalue weighted by Gasteiger charge is -2.17. The van der Waals surface area contributed by atoms with E-state index >= 15 is 0 Å².